The van der Waals surface area contributed by atoms with Gasteiger partial charge in [0.15, 0.2) is 5.82 Å². The summed E-state index contributed by atoms with van der Waals surface area (Å²) in [6.45, 7) is 2.77. The highest BCUT2D eigenvalue weighted by Crippen LogP contribution is 2.26. The Kier molecular flexibility index (Phi) is 8.05. The van der Waals surface area contributed by atoms with Crippen LogP contribution >= 0.6 is 0 Å². The predicted octanol–water partition coefficient (Wildman–Crippen LogP) is 7.04. The molecule has 0 aliphatic rings. The molecule has 0 amide bonds. The average molecular weight is 418 g/mol. The monoisotopic (exact) mass is 418 g/mol. The van der Waals surface area contributed by atoms with E-state index in [1.807, 2.05) is 30.3 Å². The van der Waals surface area contributed by atoms with Gasteiger partial charge in [0.25, 0.3) is 0 Å². The summed E-state index contributed by atoms with van der Waals surface area (Å²) in [4.78, 5) is 11.9. The number of hydrogen-bond acceptors (Lipinski definition) is 5. The fourth-order valence-corrected chi connectivity index (χ4v) is 2.57. The molecule has 5 nitrogen and oxygen atoms in total. The van der Waals surface area contributed by atoms with E-state index in [1.165, 1.54) is 18.2 Å². The summed E-state index contributed by atoms with van der Waals surface area (Å²) in [5.74, 6) is -0.390. The second kappa shape index (κ2) is 11.4. The van der Waals surface area contributed by atoms with E-state index in [0.717, 1.165) is 30.2 Å². The van der Waals surface area contributed by atoms with Crippen molar-refractivity contribution in [1.82, 2.24) is 0 Å². The van der Waals surface area contributed by atoms with Crippen LogP contribution in [-0.2, 0) is 4.79 Å². The van der Waals surface area contributed by atoms with Crippen molar-refractivity contribution in [3.63, 3.8) is 0 Å². The summed E-state index contributed by atoms with van der Waals surface area (Å²) < 4.78 is 25.0. The van der Waals surface area contributed by atoms with E-state index in [1.54, 1.807) is 30.3 Å². The number of azo groups is 1. The van der Waals surface area contributed by atoms with Crippen LogP contribution in [-0.4, -0.2) is 12.6 Å². The van der Waals surface area contributed by atoms with Crippen LogP contribution in [0.5, 0.6) is 11.5 Å². The van der Waals surface area contributed by atoms with Crippen LogP contribution in [0.25, 0.3) is 6.08 Å². The lowest BCUT2D eigenvalue weighted by Gasteiger charge is -2.05. The lowest BCUT2D eigenvalue weighted by atomic mass is 10.2. The van der Waals surface area contributed by atoms with E-state index in [2.05, 4.69) is 17.2 Å². The largest absolute Gasteiger partial charge is 0.494 e. The molecule has 0 aliphatic carbocycles. The van der Waals surface area contributed by atoms with Crippen LogP contribution in [0.15, 0.2) is 89.1 Å². The van der Waals surface area contributed by atoms with Gasteiger partial charge >= 0.3 is 5.97 Å². The van der Waals surface area contributed by atoms with Gasteiger partial charge in [-0.15, -0.1) is 5.11 Å². The maximum absolute atomic E-state index is 14.3. The number of esters is 1. The molecule has 0 unspecified atom stereocenters. The minimum Gasteiger partial charge on any atom is -0.494 e. The Hall–Kier alpha value is -3.80. The molecule has 31 heavy (non-hydrogen) atoms. The molecule has 3 aromatic carbocycles. The summed E-state index contributed by atoms with van der Waals surface area (Å²) in [6, 6.07) is 20.4. The Morgan fingerprint density at radius 3 is 2.42 bits per heavy atom. The van der Waals surface area contributed by atoms with Crippen molar-refractivity contribution >= 4 is 23.4 Å². The van der Waals surface area contributed by atoms with Crippen molar-refractivity contribution in [3.8, 4) is 11.5 Å². The number of carbonyl (C=O) groups is 1. The number of halogens is 1. The number of ether oxygens (including phenoxy) is 2. The normalized spacial score (nSPS) is 11.2. The molecule has 0 saturated carbocycles. The quantitative estimate of drug-likeness (QED) is 0.123. The van der Waals surface area contributed by atoms with Gasteiger partial charge in [0.05, 0.1) is 12.3 Å². The van der Waals surface area contributed by atoms with Crippen molar-refractivity contribution in [1.29, 1.82) is 0 Å². The molecule has 0 aliphatic heterocycles. The highest BCUT2D eigenvalue weighted by Gasteiger charge is 2.07. The molecule has 0 spiro atoms. The second-order valence-electron chi connectivity index (χ2n) is 6.67. The molecule has 0 aromatic heterocycles. The number of rotatable bonds is 9. The van der Waals surface area contributed by atoms with E-state index in [0.29, 0.717) is 12.3 Å². The maximum atomic E-state index is 14.3. The van der Waals surface area contributed by atoms with Gasteiger partial charge in [0.1, 0.15) is 17.2 Å². The van der Waals surface area contributed by atoms with E-state index in [-0.39, 0.29) is 11.4 Å². The van der Waals surface area contributed by atoms with E-state index in [9.17, 15) is 9.18 Å². The molecule has 0 heterocycles. The number of unbranched alkanes of at least 4 members (excludes halogenated alkanes) is 1. The van der Waals surface area contributed by atoms with Crippen molar-refractivity contribution in [3.05, 3.63) is 90.3 Å². The first-order chi connectivity index (χ1) is 15.1. The maximum Gasteiger partial charge on any atom is 0.336 e. The first-order valence-electron chi connectivity index (χ1n) is 10.0. The molecule has 158 valence electrons. The van der Waals surface area contributed by atoms with Gasteiger partial charge in [-0.1, -0.05) is 43.7 Å². The standard InChI is InChI=1S/C25H23FN2O3/c1-2-3-17-30-21-12-10-20(11-13-21)27-28-24-15-14-22(18-23(24)26)31-25(29)16-9-19-7-5-4-6-8-19/h4-16,18H,2-3,17H2,1H3/b16-9+,28-27?. The van der Waals surface area contributed by atoms with Crippen molar-refractivity contribution < 1.29 is 18.7 Å². The molecule has 3 rings (SSSR count). The zero-order valence-corrected chi connectivity index (χ0v) is 17.2. The molecular weight excluding hydrogens is 395 g/mol. The van der Waals surface area contributed by atoms with Gasteiger partial charge in [0, 0.05) is 12.1 Å². The smallest absolute Gasteiger partial charge is 0.336 e. The van der Waals surface area contributed by atoms with Crippen molar-refractivity contribution in [2.75, 3.05) is 6.61 Å². The molecule has 0 saturated heterocycles. The van der Waals surface area contributed by atoms with Crippen LogP contribution in [0.1, 0.15) is 25.3 Å². The Morgan fingerprint density at radius 2 is 1.71 bits per heavy atom. The summed E-state index contributed by atoms with van der Waals surface area (Å²) >= 11 is 0. The van der Waals surface area contributed by atoms with Crippen LogP contribution in [0.4, 0.5) is 15.8 Å². The minimum absolute atomic E-state index is 0.0444. The molecule has 0 N–H and O–H groups in total. The van der Waals surface area contributed by atoms with Crippen LogP contribution in [0.3, 0.4) is 0 Å². The van der Waals surface area contributed by atoms with Gasteiger partial charge in [-0.25, -0.2) is 9.18 Å². The number of hydrogen-bond donors (Lipinski definition) is 0. The highest BCUT2D eigenvalue weighted by molar-refractivity contribution is 5.88. The zero-order chi connectivity index (χ0) is 21.9. The lowest BCUT2D eigenvalue weighted by molar-refractivity contribution is -0.128. The van der Waals surface area contributed by atoms with Gasteiger partial charge in [-0.2, -0.15) is 5.11 Å². The molecule has 0 radical (unpaired) electrons. The minimum atomic E-state index is -0.638. The molecule has 6 heteroatoms. The van der Waals surface area contributed by atoms with Gasteiger partial charge < -0.3 is 9.47 Å². The summed E-state index contributed by atoms with van der Waals surface area (Å²) in [7, 11) is 0. The fraction of sp³-hybridized carbons (Fsp3) is 0.160. The number of benzene rings is 3. The van der Waals surface area contributed by atoms with Crippen molar-refractivity contribution in [2.45, 2.75) is 19.8 Å². The number of nitrogens with zero attached hydrogens (tertiary/aromatic N) is 2. The zero-order valence-electron chi connectivity index (χ0n) is 17.2. The molecule has 0 atom stereocenters. The first-order valence-corrected chi connectivity index (χ1v) is 10.0. The Labute approximate surface area is 180 Å². The number of carbonyl (C=O) groups excluding carboxylic acids is 1. The summed E-state index contributed by atoms with van der Waals surface area (Å²) in [6.07, 6.45) is 4.98. The third-order valence-corrected chi connectivity index (χ3v) is 4.23. The Bertz CT molecular complexity index is 1050. The van der Waals surface area contributed by atoms with E-state index in [4.69, 9.17) is 9.47 Å². The van der Waals surface area contributed by atoms with Gasteiger partial charge in [-0.05, 0) is 54.5 Å². The second-order valence-corrected chi connectivity index (χ2v) is 6.67. The Morgan fingerprint density at radius 1 is 0.968 bits per heavy atom. The molecule has 0 bridgehead atoms. The predicted molar refractivity (Wildman–Crippen MR) is 119 cm³/mol. The van der Waals surface area contributed by atoms with Crippen molar-refractivity contribution in [2.24, 2.45) is 10.2 Å². The summed E-state index contributed by atoms with van der Waals surface area (Å²) in [5.41, 5.74) is 1.48. The van der Waals surface area contributed by atoms with Crippen LogP contribution in [0.2, 0.25) is 0 Å². The SMILES string of the molecule is CCCCOc1ccc(N=Nc2ccc(OC(=O)/C=C/c3ccccc3)cc2F)cc1. The third-order valence-electron chi connectivity index (χ3n) is 4.23. The topological polar surface area (TPSA) is 60.3 Å². The van der Waals surface area contributed by atoms with E-state index >= 15 is 0 Å². The van der Waals surface area contributed by atoms with Gasteiger partial charge in [0.2, 0.25) is 0 Å². The molecule has 3 aromatic rings. The molecular formula is C25H23FN2O3. The van der Waals surface area contributed by atoms with Crippen LogP contribution < -0.4 is 9.47 Å². The first kappa shape index (κ1) is 21.9. The Balaban J connectivity index is 1.57. The highest BCUT2D eigenvalue weighted by atomic mass is 19.1. The van der Waals surface area contributed by atoms with E-state index < -0.39 is 11.8 Å². The third kappa shape index (κ3) is 7.19. The fourth-order valence-electron chi connectivity index (χ4n) is 2.57. The summed E-state index contributed by atoms with van der Waals surface area (Å²) in [5, 5.41) is 7.97. The van der Waals surface area contributed by atoms with Gasteiger partial charge in [-0.3, -0.25) is 0 Å². The van der Waals surface area contributed by atoms with Crippen LogP contribution in [0, 0.1) is 5.82 Å². The lowest BCUT2D eigenvalue weighted by Crippen LogP contribution is -2.03. The average Bonchev–Trinajstić information content (AvgIpc) is 2.79. The molecule has 0 fully saturated rings.